The van der Waals surface area contributed by atoms with Gasteiger partial charge in [-0.05, 0) is 24.6 Å². The van der Waals surface area contributed by atoms with Crippen LogP contribution in [0.4, 0.5) is 0 Å². The van der Waals surface area contributed by atoms with Crippen LogP contribution in [0.1, 0.15) is 18.6 Å². The van der Waals surface area contributed by atoms with Crippen LogP contribution in [0.25, 0.3) is 0 Å². The largest absolute Gasteiger partial charge is 0.462 e. The maximum absolute atomic E-state index is 9.88. The van der Waals surface area contributed by atoms with Gasteiger partial charge in [-0.3, -0.25) is 0 Å². The van der Waals surface area contributed by atoms with E-state index in [4.69, 9.17) is 14.6 Å². The van der Waals surface area contributed by atoms with Crippen molar-refractivity contribution in [2.24, 2.45) is 0 Å². The molecule has 7 atom stereocenters. The highest BCUT2D eigenvalue weighted by molar-refractivity contribution is 5.29. The Bertz CT molecular complexity index is 489. The zero-order valence-corrected chi connectivity index (χ0v) is 12.6. The summed E-state index contributed by atoms with van der Waals surface area (Å²) in [5.41, 5.74) is 0.487. The van der Waals surface area contributed by atoms with Crippen molar-refractivity contribution in [3.8, 4) is 5.75 Å². The average molecular weight is 330 g/mol. The third-order valence-electron chi connectivity index (χ3n) is 3.78. The maximum Gasteiger partial charge on any atom is 0.229 e. The molecule has 1 heterocycles. The number of hydrogen-bond donors (Lipinski definition) is 6. The summed E-state index contributed by atoms with van der Waals surface area (Å²) in [6.45, 7) is 0.924. The Morgan fingerprint density at radius 3 is 2.17 bits per heavy atom. The van der Waals surface area contributed by atoms with Gasteiger partial charge < -0.3 is 40.1 Å². The van der Waals surface area contributed by atoms with Crippen molar-refractivity contribution in [2.75, 3.05) is 6.61 Å². The highest BCUT2D eigenvalue weighted by Crippen LogP contribution is 2.26. The van der Waals surface area contributed by atoms with E-state index in [9.17, 15) is 25.5 Å². The summed E-state index contributed by atoms with van der Waals surface area (Å²) in [4.78, 5) is 0. The third kappa shape index (κ3) is 3.99. The lowest BCUT2D eigenvalue weighted by atomic mass is 9.99. The Hall–Kier alpha value is -1.26. The second-order valence-electron chi connectivity index (χ2n) is 5.57. The third-order valence-corrected chi connectivity index (χ3v) is 3.78. The van der Waals surface area contributed by atoms with Crippen molar-refractivity contribution in [3.05, 3.63) is 29.8 Å². The molecule has 1 aliphatic rings. The Balaban J connectivity index is 2.06. The SMILES string of the molecule is C[C@@H](O)[C@H](O)c1ccc(O[C@@H]2O[C@H](CO)[C@@H](O)[C@H](O)[C@H]2O)cc1. The van der Waals surface area contributed by atoms with Gasteiger partial charge in [0, 0.05) is 0 Å². The number of hydrogen-bond acceptors (Lipinski definition) is 8. The van der Waals surface area contributed by atoms with Crippen LogP contribution in [0.5, 0.6) is 5.75 Å². The summed E-state index contributed by atoms with van der Waals surface area (Å²) < 4.78 is 10.6. The fourth-order valence-corrected chi connectivity index (χ4v) is 2.32. The number of aliphatic hydroxyl groups excluding tert-OH is 6. The van der Waals surface area contributed by atoms with Crippen LogP contribution in [-0.2, 0) is 4.74 Å². The minimum absolute atomic E-state index is 0.288. The van der Waals surface area contributed by atoms with Crippen LogP contribution in [0, 0.1) is 0 Å². The molecule has 0 bridgehead atoms. The van der Waals surface area contributed by atoms with E-state index >= 15 is 0 Å². The molecular weight excluding hydrogens is 308 g/mol. The van der Waals surface area contributed by atoms with Crippen LogP contribution in [0.3, 0.4) is 0 Å². The summed E-state index contributed by atoms with van der Waals surface area (Å²) in [6, 6.07) is 6.08. The van der Waals surface area contributed by atoms with Gasteiger partial charge in [0.05, 0.1) is 12.7 Å². The summed E-state index contributed by atoms with van der Waals surface area (Å²) in [7, 11) is 0. The van der Waals surface area contributed by atoms with Crippen molar-refractivity contribution in [3.63, 3.8) is 0 Å². The molecule has 1 aromatic rings. The van der Waals surface area contributed by atoms with Gasteiger partial charge in [0.15, 0.2) is 0 Å². The number of ether oxygens (including phenoxy) is 2. The molecule has 1 saturated heterocycles. The second-order valence-corrected chi connectivity index (χ2v) is 5.57. The van der Waals surface area contributed by atoms with Crippen molar-refractivity contribution >= 4 is 0 Å². The molecule has 0 radical (unpaired) electrons. The van der Waals surface area contributed by atoms with E-state index in [0.29, 0.717) is 5.56 Å². The van der Waals surface area contributed by atoms with Crippen LogP contribution in [-0.4, -0.2) is 74.1 Å². The number of rotatable bonds is 5. The van der Waals surface area contributed by atoms with Gasteiger partial charge in [-0.1, -0.05) is 12.1 Å². The zero-order chi connectivity index (χ0) is 17.1. The van der Waals surface area contributed by atoms with Crippen LogP contribution in [0.2, 0.25) is 0 Å². The van der Waals surface area contributed by atoms with Crippen molar-refractivity contribution < 1.29 is 40.1 Å². The molecule has 23 heavy (non-hydrogen) atoms. The van der Waals surface area contributed by atoms with Crippen molar-refractivity contribution in [1.82, 2.24) is 0 Å². The average Bonchev–Trinajstić information content (AvgIpc) is 2.55. The molecule has 1 fully saturated rings. The molecule has 1 aliphatic heterocycles. The van der Waals surface area contributed by atoms with Crippen molar-refractivity contribution in [2.45, 2.75) is 49.8 Å². The van der Waals surface area contributed by atoms with E-state index in [2.05, 4.69) is 0 Å². The summed E-state index contributed by atoms with van der Waals surface area (Å²) in [5, 5.41) is 57.5. The molecule has 0 saturated carbocycles. The van der Waals surface area contributed by atoms with Crippen LogP contribution in [0.15, 0.2) is 24.3 Å². The van der Waals surface area contributed by atoms with E-state index < -0.39 is 49.5 Å². The van der Waals surface area contributed by atoms with Gasteiger partial charge in [0.2, 0.25) is 6.29 Å². The van der Waals surface area contributed by atoms with Crippen molar-refractivity contribution in [1.29, 1.82) is 0 Å². The molecule has 8 nitrogen and oxygen atoms in total. The highest BCUT2D eigenvalue weighted by Gasteiger charge is 2.44. The predicted molar refractivity (Wildman–Crippen MR) is 77.5 cm³/mol. The van der Waals surface area contributed by atoms with Gasteiger partial charge in [-0.25, -0.2) is 0 Å². The van der Waals surface area contributed by atoms with Gasteiger partial charge in [0.1, 0.15) is 36.3 Å². The molecule has 0 amide bonds. The fourth-order valence-electron chi connectivity index (χ4n) is 2.32. The first-order valence-corrected chi connectivity index (χ1v) is 7.28. The summed E-state index contributed by atoms with van der Waals surface area (Å²) in [5.74, 6) is 0.288. The Morgan fingerprint density at radius 1 is 1.04 bits per heavy atom. The Morgan fingerprint density at radius 2 is 1.65 bits per heavy atom. The smallest absolute Gasteiger partial charge is 0.229 e. The topological polar surface area (TPSA) is 140 Å². The van der Waals surface area contributed by atoms with Gasteiger partial charge in [0.25, 0.3) is 0 Å². The Kier molecular flexibility index (Phi) is 5.93. The molecule has 2 rings (SSSR count). The zero-order valence-electron chi connectivity index (χ0n) is 12.6. The molecule has 0 spiro atoms. The normalized spacial score (nSPS) is 34.0. The monoisotopic (exact) mass is 330 g/mol. The lowest BCUT2D eigenvalue weighted by molar-refractivity contribution is -0.277. The van der Waals surface area contributed by atoms with E-state index in [0.717, 1.165) is 0 Å². The summed E-state index contributed by atoms with van der Waals surface area (Å²) >= 11 is 0. The molecule has 130 valence electrons. The van der Waals surface area contributed by atoms with E-state index in [1.807, 2.05) is 0 Å². The molecule has 0 aliphatic carbocycles. The quantitative estimate of drug-likeness (QED) is 0.375. The van der Waals surface area contributed by atoms with Crippen LogP contribution >= 0.6 is 0 Å². The number of benzene rings is 1. The van der Waals surface area contributed by atoms with Gasteiger partial charge >= 0.3 is 0 Å². The molecular formula is C15H22O8. The predicted octanol–water partition coefficient (Wildman–Crippen LogP) is -1.72. The molecule has 1 aromatic carbocycles. The van der Waals surface area contributed by atoms with E-state index in [1.165, 1.54) is 31.2 Å². The molecule has 0 aromatic heterocycles. The first-order chi connectivity index (χ1) is 10.8. The standard InChI is InChI=1S/C15H22O8/c1-7(17)11(18)8-2-4-9(5-3-8)22-15-14(21)13(20)12(19)10(6-16)23-15/h2-5,7,10-21H,6H2,1H3/t7-,10-,11+,12-,13+,14-,15-/m1/s1. The van der Waals surface area contributed by atoms with Gasteiger partial charge in [-0.2, -0.15) is 0 Å². The van der Waals surface area contributed by atoms with Gasteiger partial charge in [-0.15, -0.1) is 0 Å². The lowest BCUT2D eigenvalue weighted by Gasteiger charge is -2.39. The highest BCUT2D eigenvalue weighted by atomic mass is 16.7. The molecule has 0 unspecified atom stereocenters. The minimum atomic E-state index is -1.51. The maximum atomic E-state index is 9.88. The molecule has 6 N–H and O–H groups in total. The Labute approximate surface area is 133 Å². The lowest BCUT2D eigenvalue weighted by Crippen LogP contribution is -2.60. The van der Waals surface area contributed by atoms with Crippen LogP contribution < -0.4 is 4.74 Å². The first-order valence-electron chi connectivity index (χ1n) is 7.28. The first kappa shape index (κ1) is 18.1. The van der Waals surface area contributed by atoms with E-state index in [-0.39, 0.29) is 5.75 Å². The molecule has 8 heteroatoms. The minimum Gasteiger partial charge on any atom is -0.462 e. The fraction of sp³-hybridized carbons (Fsp3) is 0.600. The summed E-state index contributed by atoms with van der Waals surface area (Å²) in [6.07, 6.45) is -8.72. The van der Waals surface area contributed by atoms with E-state index in [1.54, 1.807) is 0 Å². The number of aliphatic hydroxyl groups is 6. The second kappa shape index (κ2) is 7.54.